The first kappa shape index (κ1) is 14.1. The molecule has 2 aromatic rings. The van der Waals surface area contributed by atoms with E-state index < -0.39 is 0 Å². The van der Waals surface area contributed by atoms with E-state index in [2.05, 4.69) is 57.5 Å². The Morgan fingerprint density at radius 3 is 2.84 bits per heavy atom. The molecule has 0 unspecified atom stereocenters. The first-order chi connectivity index (χ1) is 9.08. The molecule has 0 aliphatic heterocycles. The summed E-state index contributed by atoms with van der Waals surface area (Å²) in [6.07, 6.45) is 0. The van der Waals surface area contributed by atoms with E-state index in [1.165, 1.54) is 5.56 Å². The van der Waals surface area contributed by atoms with Crippen LogP contribution in [0.2, 0.25) is 0 Å². The number of benzene rings is 1. The maximum atomic E-state index is 4.07. The van der Waals surface area contributed by atoms with Crippen molar-refractivity contribution >= 4 is 15.9 Å². The van der Waals surface area contributed by atoms with Gasteiger partial charge in [0.15, 0.2) is 5.82 Å². The molecule has 0 saturated heterocycles. The molecule has 0 bridgehead atoms. The third-order valence-corrected chi connectivity index (χ3v) is 3.62. The average molecular weight is 324 g/mol. The van der Waals surface area contributed by atoms with Gasteiger partial charge >= 0.3 is 0 Å². The summed E-state index contributed by atoms with van der Waals surface area (Å²) in [4.78, 5) is 0. The van der Waals surface area contributed by atoms with Gasteiger partial charge in [0.25, 0.3) is 0 Å². The Morgan fingerprint density at radius 2 is 2.16 bits per heavy atom. The Balaban J connectivity index is 2.16. The summed E-state index contributed by atoms with van der Waals surface area (Å²) in [6, 6.07) is 6.09. The van der Waals surface area contributed by atoms with Crippen molar-refractivity contribution in [2.45, 2.75) is 27.3 Å². The molecule has 5 nitrogen and oxygen atoms in total. The monoisotopic (exact) mass is 323 g/mol. The van der Waals surface area contributed by atoms with Crippen LogP contribution >= 0.6 is 15.9 Å². The summed E-state index contributed by atoms with van der Waals surface area (Å²) in [7, 11) is 0. The number of hydrogen-bond acceptors (Lipinski definition) is 4. The molecule has 0 aliphatic rings. The van der Waals surface area contributed by atoms with E-state index in [0.717, 1.165) is 22.5 Å². The van der Waals surface area contributed by atoms with Gasteiger partial charge in [-0.1, -0.05) is 35.8 Å². The molecule has 0 radical (unpaired) electrons. The molecule has 0 fully saturated rings. The van der Waals surface area contributed by atoms with Gasteiger partial charge in [0.05, 0.1) is 12.2 Å². The van der Waals surface area contributed by atoms with Gasteiger partial charge in [0.2, 0.25) is 0 Å². The second kappa shape index (κ2) is 6.25. The van der Waals surface area contributed by atoms with Crippen molar-refractivity contribution < 1.29 is 0 Å². The lowest BCUT2D eigenvalue weighted by molar-refractivity contribution is 0.537. The summed E-state index contributed by atoms with van der Waals surface area (Å²) in [5, 5.41) is 15.2. The summed E-state index contributed by atoms with van der Waals surface area (Å²) < 4.78 is 2.82. The predicted molar refractivity (Wildman–Crippen MR) is 78.1 cm³/mol. The molecule has 1 aromatic carbocycles. The minimum absolute atomic E-state index is 0.609. The van der Waals surface area contributed by atoms with Crippen molar-refractivity contribution in [2.75, 3.05) is 6.54 Å². The number of rotatable bonds is 5. The predicted octanol–water partition coefficient (Wildman–Crippen LogP) is 2.48. The van der Waals surface area contributed by atoms with Crippen molar-refractivity contribution in [3.05, 3.63) is 34.1 Å². The van der Waals surface area contributed by atoms with Crippen LogP contribution in [-0.4, -0.2) is 26.8 Å². The highest BCUT2D eigenvalue weighted by Crippen LogP contribution is 2.19. The number of tetrazole rings is 1. The smallest absolute Gasteiger partial charge is 0.170 e. The molecule has 6 heteroatoms. The summed E-state index contributed by atoms with van der Waals surface area (Å²) in [5.41, 5.74) is 2.15. The van der Waals surface area contributed by atoms with Crippen molar-refractivity contribution in [1.29, 1.82) is 0 Å². The third-order valence-electron chi connectivity index (χ3n) is 2.77. The van der Waals surface area contributed by atoms with Crippen LogP contribution in [0.3, 0.4) is 0 Å². The summed E-state index contributed by atoms with van der Waals surface area (Å²) in [5.74, 6) is 1.43. The van der Waals surface area contributed by atoms with Gasteiger partial charge in [0.1, 0.15) is 0 Å². The SMILES string of the molecule is Cc1ccc(-n2nnnc2CNCC(C)C)cc1Br. The Labute approximate surface area is 121 Å². The molecular weight excluding hydrogens is 306 g/mol. The Bertz CT molecular complexity index is 550. The zero-order valence-electron chi connectivity index (χ0n) is 11.4. The highest BCUT2D eigenvalue weighted by molar-refractivity contribution is 9.10. The van der Waals surface area contributed by atoms with Gasteiger partial charge in [-0.05, 0) is 47.5 Å². The van der Waals surface area contributed by atoms with Crippen LogP contribution in [0.4, 0.5) is 0 Å². The first-order valence-corrected chi connectivity index (χ1v) is 7.11. The van der Waals surface area contributed by atoms with E-state index >= 15 is 0 Å². The standard InChI is InChI=1S/C13H18BrN5/c1-9(2)7-15-8-13-16-17-18-19(13)11-5-4-10(3)12(14)6-11/h4-6,9,15H,7-8H2,1-3H3. The fraction of sp³-hybridized carbons (Fsp3) is 0.462. The van der Waals surface area contributed by atoms with Crippen LogP contribution in [0.1, 0.15) is 25.2 Å². The molecule has 0 atom stereocenters. The Morgan fingerprint density at radius 1 is 1.37 bits per heavy atom. The van der Waals surface area contributed by atoms with Crippen LogP contribution in [0.15, 0.2) is 22.7 Å². The normalized spacial score (nSPS) is 11.2. The van der Waals surface area contributed by atoms with Gasteiger partial charge in [-0.3, -0.25) is 0 Å². The minimum Gasteiger partial charge on any atom is -0.310 e. The largest absolute Gasteiger partial charge is 0.310 e. The maximum absolute atomic E-state index is 4.07. The molecule has 19 heavy (non-hydrogen) atoms. The molecule has 1 aromatic heterocycles. The molecule has 2 rings (SSSR count). The fourth-order valence-electron chi connectivity index (χ4n) is 1.70. The van der Waals surface area contributed by atoms with Gasteiger partial charge in [0, 0.05) is 4.47 Å². The molecule has 1 N–H and O–H groups in total. The lowest BCUT2D eigenvalue weighted by Crippen LogP contribution is -2.21. The molecule has 0 saturated carbocycles. The summed E-state index contributed by atoms with van der Waals surface area (Å²) >= 11 is 3.53. The number of nitrogens with one attached hydrogen (secondary N) is 1. The van der Waals surface area contributed by atoms with Crippen LogP contribution < -0.4 is 5.32 Å². The second-order valence-electron chi connectivity index (χ2n) is 4.97. The summed E-state index contributed by atoms with van der Waals surface area (Å²) in [6.45, 7) is 8.01. The van der Waals surface area contributed by atoms with E-state index in [1.54, 1.807) is 4.68 Å². The van der Waals surface area contributed by atoms with Gasteiger partial charge in [-0.2, -0.15) is 4.68 Å². The molecule has 1 heterocycles. The fourth-order valence-corrected chi connectivity index (χ4v) is 2.07. The van der Waals surface area contributed by atoms with Crippen molar-refractivity contribution in [1.82, 2.24) is 25.5 Å². The second-order valence-corrected chi connectivity index (χ2v) is 5.82. The average Bonchev–Trinajstić information content (AvgIpc) is 2.80. The Hall–Kier alpha value is -1.27. The zero-order chi connectivity index (χ0) is 13.8. The topological polar surface area (TPSA) is 55.6 Å². The number of aromatic nitrogens is 4. The van der Waals surface area contributed by atoms with Crippen molar-refractivity contribution in [3.63, 3.8) is 0 Å². The molecule has 0 spiro atoms. The number of halogens is 1. The number of aryl methyl sites for hydroxylation is 1. The minimum atomic E-state index is 0.609. The van der Waals surface area contributed by atoms with E-state index in [4.69, 9.17) is 0 Å². The van der Waals surface area contributed by atoms with Gasteiger partial charge in [-0.15, -0.1) is 5.10 Å². The maximum Gasteiger partial charge on any atom is 0.170 e. The van der Waals surface area contributed by atoms with E-state index in [9.17, 15) is 0 Å². The van der Waals surface area contributed by atoms with Gasteiger partial charge < -0.3 is 5.32 Å². The van der Waals surface area contributed by atoms with Crippen LogP contribution in [0, 0.1) is 12.8 Å². The Kier molecular flexibility index (Phi) is 4.66. The van der Waals surface area contributed by atoms with E-state index in [0.29, 0.717) is 12.5 Å². The van der Waals surface area contributed by atoms with Gasteiger partial charge in [-0.25, -0.2) is 0 Å². The van der Waals surface area contributed by atoms with Crippen LogP contribution in [-0.2, 0) is 6.54 Å². The number of nitrogens with zero attached hydrogens (tertiary/aromatic N) is 4. The van der Waals surface area contributed by atoms with Crippen molar-refractivity contribution in [2.24, 2.45) is 5.92 Å². The lowest BCUT2D eigenvalue weighted by Gasteiger charge is -2.08. The molecule has 102 valence electrons. The number of hydrogen-bond donors (Lipinski definition) is 1. The van der Waals surface area contributed by atoms with Crippen LogP contribution in [0.25, 0.3) is 5.69 Å². The zero-order valence-corrected chi connectivity index (χ0v) is 13.0. The third kappa shape index (κ3) is 3.61. The quantitative estimate of drug-likeness (QED) is 0.918. The van der Waals surface area contributed by atoms with Crippen molar-refractivity contribution in [3.8, 4) is 5.69 Å². The molecule has 0 amide bonds. The highest BCUT2D eigenvalue weighted by Gasteiger charge is 2.09. The first-order valence-electron chi connectivity index (χ1n) is 6.32. The highest BCUT2D eigenvalue weighted by atomic mass is 79.9. The molecule has 0 aliphatic carbocycles. The van der Waals surface area contributed by atoms with E-state index in [-0.39, 0.29) is 0 Å². The van der Waals surface area contributed by atoms with E-state index in [1.807, 2.05) is 18.2 Å². The molecular formula is C13H18BrN5. The lowest BCUT2D eigenvalue weighted by atomic mass is 10.2. The van der Waals surface area contributed by atoms with Crippen LogP contribution in [0.5, 0.6) is 0 Å².